The number of nitrogens with zero attached hydrogens (tertiary/aromatic N) is 4. The molecule has 9 nitrogen and oxygen atoms in total. The molecule has 3 N–H and O–H groups in total. The Hall–Kier alpha value is -2.30. The molecule has 1 aromatic heterocycles. The second kappa shape index (κ2) is 9.41. The van der Waals surface area contributed by atoms with Gasteiger partial charge in [0, 0.05) is 19.6 Å². The van der Waals surface area contributed by atoms with Gasteiger partial charge >= 0.3 is 0 Å². The van der Waals surface area contributed by atoms with Gasteiger partial charge in [0.05, 0.1) is 18.7 Å². The van der Waals surface area contributed by atoms with Gasteiger partial charge < -0.3 is 10.1 Å². The summed E-state index contributed by atoms with van der Waals surface area (Å²) in [4.78, 5) is 14.4. The highest BCUT2D eigenvalue weighted by atomic mass is 32.1. The van der Waals surface area contributed by atoms with E-state index in [-0.39, 0.29) is 12.5 Å². The number of para-hydroxylation sites is 1. The van der Waals surface area contributed by atoms with E-state index in [2.05, 4.69) is 31.4 Å². The molecule has 2 aromatic rings. The van der Waals surface area contributed by atoms with Crippen LogP contribution in [0.25, 0.3) is 11.0 Å². The number of hydrogen-bond acceptors (Lipinski definition) is 6. The molecule has 10 heteroatoms. The molecule has 1 aliphatic heterocycles. The minimum atomic E-state index is -0.252. The number of thiocarbonyl (C=S) groups is 1. The Balaban J connectivity index is 1.31. The topological polar surface area (TPSA) is 96.3 Å². The number of ether oxygens (including phenoxy) is 1. The lowest BCUT2D eigenvalue weighted by atomic mass is 10.3. The van der Waals surface area contributed by atoms with E-state index >= 15 is 0 Å². The van der Waals surface area contributed by atoms with Crippen molar-refractivity contribution >= 4 is 34.3 Å². The molecule has 0 aliphatic carbocycles. The average Bonchev–Trinajstić information content (AvgIpc) is 3.07. The Labute approximate surface area is 157 Å². The summed E-state index contributed by atoms with van der Waals surface area (Å²) in [5.41, 5.74) is 6.84. The maximum absolute atomic E-state index is 12.0. The quantitative estimate of drug-likeness (QED) is 0.357. The normalized spacial score (nSPS) is 14.9. The van der Waals surface area contributed by atoms with Gasteiger partial charge in [0.2, 0.25) is 0 Å². The van der Waals surface area contributed by atoms with Crippen LogP contribution < -0.4 is 16.2 Å². The number of aromatic nitrogens is 3. The highest BCUT2D eigenvalue weighted by Gasteiger charge is 2.10. The zero-order chi connectivity index (χ0) is 18.2. The molecule has 1 saturated heterocycles. The minimum Gasteiger partial charge on any atom is -0.379 e. The zero-order valence-corrected chi connectivity index (χ0v) is 15.3. The van der Waals surface area contributed by atoms with E-state index in [9.17, 15) is 4.79 Å². The van der Waals surface area contributed by atoms with Crippen LogP contribution in [0.2, 0.25) is 0 Å². The van der Waals surface area contributed by atoms with E-state index in [1.807, 2.05) is 24.3 Å². The number of carbonyl (C=O) groups is 1. The molecule has 2 heterocycles. The minimum absolute atomic E-state index is 0.0627. The Kier molecular flexibility index (Phi) is 6.69. The van der Waals surface area contributed by atoms with E-state index < -0.39 is 0 Å². The lowest BCUT2D eigenvalue weighted by Crippen LogP contribution is -2.48. The van der Waals surface area contributed by atoms with E-state index in [4.69, 9.17) is 17.0 Å². The number of hydrazine groups is 1. The van der Waals surface area contributed by atoms with E-state index in [0.717, 1.165) is 56.8 Å². The number of hydrogen-bond donors (Lipinski definition) is 3. The van der Waals surface area contributed by atoms with Crippen LogP contribution in [0.4, 0.5) is 0 Å². The van der Waals surface area contributed by atoms with Crippen LogP contribution in [-0.4, -0.2) is 70.3 Å². The smallest absolute Gasteiger partial charge is 0.260 e. The lowest BCUT2D eigenvalue weighted by molar-refractivity contribution is -0.122. The molecule has 140 valence electrons. The standard InChI is InChI=1S/C16H23N7O2S/c24-15(12-23-14-5-2-1-4-13(14)18-21-23)19-20-16(26)17-6-3-7-22-8-10-25-11-9-22/h1-2,4-5H,3,6-12H2,(H,19,24)(H2,17,20,26). The van der Waals surface area contributed by atoms with Crippen LogP contribution in [0.5, 0.6) is 0 Å². The summed E-state index contributed by atoms with van der Waals surface area (Å²) in [6.07, 6.45) is 0.973. The Morgan fingerprint density at radius 1 is 1.23 bits per heavy atom. The van der Waals surface area contributed by atoms with Gasteiger partial charge in [-0.2, -0.15) is 0 Å². The molecule has 0 saturated carbocycles. The summed E-state index contributed by atoms with van der Waals surface area (Å²) < 4.78 is 6.87. The number of amides is 1. The fourth-order valence-electron chi connectivity index (χ4n) is 2.71. The van der Waals surface area contributed by atoms with Crippen molar-refractivity contribution in [1.29, 1.82) is 0 Å². The van der Waals surface area contributed by atoms with Crippen molar-refractivity contribution in [2.24, 2.45) is 0 Å². The monoisotopic (exact) mass is 377 g/mol. The van der Waals surface area contributed by atoms with Gasteiger partial charge in [0.1, 0.15) is 12.1 Å². The van der Waals surface area contributed by atoms with Gasteiger partial charge in [0.15, 0.2) is 5.11 Å². The first-order valence-electron chi connectivity index (χ1n) is 8.63. The number of carbonyl (C=O) groups excluding carboxylic acids is 1. The largest absolute Gasteiger partial charge is 0.379 e. The van der Waals surface area contributed by atoms with Crippen molar-refractivity contribution in [2.75, 3.05) is 39.4 Å². The molecule has 0 atom stereocenters. The molecule has 0 radical (unpaired) electrons. The molecule has 0 unspecified atom stereocenters. The number of rotatable bonds is 6. The van der Waals surface area contributed by atoms with Crippen LogP contribution in [0.3, 0.4) is 0 Å². The Morgan fingerprint density at radius 3 is 2.88 bits per heavy atom. The van der Waals surface area contributed by atoms with Crippen molar-refractivity contribution in [1.82, 2.24) is 36.1 Å². The molecule has 1 aromatic carbocycles. The molecule has 1 fully saturated rings. The number of fused-ring (bicyclic) bond motifs is 1. The van der Waals surface area contributed by atoms with Gasteiger partial charge in [0.25, 0.3) is 5.91 Å². The first-order chi connectivity index (χ1) is 12.7. The van der Waals surface area contributed by atoms with E-state index in [1.54, 1.807) is 4.68 Å². The summed E-state index contributed by atoms with van der Waals surface area (Å²) >= 11 is 5.16. The van der Waals surface area contributed by atoms with Crippen LogP contribution in [-0.2, 0) is 16.1 Å². The van der Waals surface area contributed by atoms with Gasteiger partial charge in [-0.05, 0) is 37.3 Å². The van der Waals surface area contributed by atoms with Gasteiger partial charge in [-0.25, -0.2) is 4.68 Å². The van der Waals surface area contributed by atoms with Crippen LogP contribution in [0, 0.1) is 0 Å². The number of benzene rings is 1. The van der Waals surface area contributed by atoms with Crippen LogP contribution in [0.15, 0.2) is 24.3 Å². The third kappa shape index (κ3) is 5.35. The second-order valence-corrected chi connectivity index (χ2v) is 6.38. The second-order valence-electron chi connectivity index (χ2n) is 5.97. The Morgan fingerprint density at radius 2 is 2.04 bits per heavy atom. The lowest BCUT2D eigenvalue weighted by Gasteiger charge is -2.26. The Bertz CT molecular complexity index is 745. The molecule has 3 rings (SSSR count). The van der Waals surface area contributed by atoms with Crippen molar-refractivity contribution in [2.45, 2.75) is 13.0 Å². The van der Waals surface area contributed by atoms with Crippen LogP contribution in [0.1, 0.15) is 6.42 Å². The summed E-state index contributed by atoms with van der Waals surface area (Å²) in [6, 6.07) is 7.49. The van der Waals surface area contributed by atoms with E-state index in [1.165, 1.54) is 0 Å². The van der Waals surface area contributed by atoms with Crippen molar-refractivity contribution < 1.29 is 9.53 Å². The first-order valence-corrected chi connectivity index (χ1v) is 9.04. The maximum Gasteiger partial charge on any atom is 0.260 e. The summed E-state index contributed by atoms with van der Waals surface area (Å²) in [6.45, 7) is 5.39. The molecule has 0 bridgehead atoms. The summed E-state index contributed by atoms with van der Waals surface area (Å²) in [5, 5.41) is 11.5. The van der Waals surface area contributed by atoms with Crippen molar-refractivity contribution in [3.63, 3.8) is 0 Å². The van der Waals surface area contributed by atoms with Crippen molar-refractivity contribution in [3.8, 4) is 0 Å². The molecule has 1 amide bonds. The number of morpholine rings is 1. The van der Waals surface area contributed by atoms with Crippen LogP contribution >= 0.6 is 12.2 Å². The molecule has 0 spiro atoms. The predicted molar refractivity (Wildman–Crippen MR) is 101 cm³/mol. The molecular weight excluding hydrogens is 354 g/mol. The van der Waals surface area contributed by atoms with E-state index in [0.29, 0.717) is 5.11 Å². The maximum atomic E-state index is 12.0. The highest BCUT2D eigenvalue weighted by molar-refractivity contribution is 7.80. The zero-order valence-electron chi connectivity index (χ0n) is 14.5. The molecular formula is C16H23N7O2S. The summed E-state index contributed by atoms with van der Waals surface area (Å²) in [5.74, 6) is -0.252. The van der Waals surface area contributed by atoms with Gasteiger partial charge in [-0.3, -0.25) is 20.5 Å². The average molecular weight is 377 g/mol. The number of nitrogens with one attached hydrogen (secondary N) is 3. The van der Waals surface area contributed by atoms with Gasteiger partial charge in [-0.1, -0.05) is 17.3 Å². The summed E-state index contributed by atoms with van der Waals surface area (Å²) in [7, 11) is 0. The first kappa shape index (κ1) is 18.5. The molecule has 1 aliphatic rings. The fourth-order valence-corrected chi connectivity index (χ4v) is 2.86. The SMILES string of the molecule is O=C(Cn1nnc2ccccc21)NNC(=S)NCCCN1CCOCC1. The predicted octanol–water partition coefficient (Wildman–Crippen LogP) is -0.351. The highest BCUT2D eigenvalue weighted by Crippen LogP contribution is 2.08. The van der Waals surface area contributed by atoms with Crippen molar-refractivity contribution in [3.05, 3.63) is 24.3 Å². The van der Waals surface area contributed by atoms with Gasteiger partial charge in [-0.15, -0.1) is 5.10 Å². The fraction of sp³-hybridized carbons (Fsp3) is 0.500. The third-order valence-corrected chi connectivity index (χ3v) is 4.32. The third-order valence-electron chi connectivity index (χ3n) is 4.07. The molecule has 26 heavy (non-hydrogen) atoms.